The quantitative estimate of drug-likeness (QED) is 0.457. The Morgan fingerprint density at radius 1 is 1.06 bits per heavy atom. The summed E-state index contributed by atoms with van der Waals surface area (Å²) in [6.07, 6.45) is 4.27. The van der Waals surface area contributed by atoms with Gasteiger partial charge >= 0.3 is 0 Å². The Balaban J connectivity index is 1.12. The maximum absolute atomic E-state index is 12.7. The molecule has 1 amide bonds. The lowest BCUT2D eigenvalue weighted by Gasteiger charge is -2.34. The molecule has 1 saturated heterocycles. The first-order valence-corrected chi connectivity index (χ1v) is 11.8. The summed E-state index contributed by atoms with van der Waals surface area (Å²) in [6, 6.07) is 12.5. The molecule has 0 atom stereocenters. The van der Waals surface area contributed by atoms with E-state index in [1.54, 1.807) is 35.9 Å². The molecule has 4 heterocycles. The van der Waals surface area contributed by atoms with Crippen molar-refractivity contribution in [3.05, 3.63) is 81.8 Å². The van der Waals surface area contributed by atoms with E-state index >= 15 is 0 Å². The highest BCUT2D eigenvalue weighted by atomic mass is 32.1. The van der Waals surface area contributed by atoms with Crippen molar-refractivity contribution in [2.45, 2.75) is 13.0 Å². The highest BCUT2D eigenvalue weighted by Gasteiger charge is 2.26. The molecule has 160 valence electrons. The number of piperazine rings is 1. The predicted molar refractivity (Wildman–Crippen MR) is 126 cm³/mol. The third kappa shape index (κ3) is 3.43. The molecule has 6 nitrogen and oxygen atoms in total. The van der Waals surface area contributed by atoms with Crippen LogP contribution >= 0.6 is 11.3 Å². The normalized spacial score (nSPS) is 15.6. The Bertz CT molecular complexity index is 1260. The Morgan fingerprint density at radius 3 is 2.69 bits per heavy atom. The van der Waals surface area contributed by atoms with E-state index in [1.807, 2.05) is 4.90 Å². The Hall–Kier alpha value is -3.29. The summed E-state index contributed by atoms with van der Waals surface area (Å²) in [5.41, 5.74) is 9.42. The van der Waals surface area contributed by atoms with Crippen LogP contribution in [0.3, 0.4) is 0 Å². The average Bonchev–Trinajstić information content (AvgIpc) is 3.56. The number of carbonyl (C=O) groups excluding carboxylic acids is 1. The van der Waals surface area contributed by atoms with Crippen molar-refractivity contribution in [2.75, 3.05) is 26.2 Å². The number of aromatic nitrogens is 3. The topological polar surface area (TPSA) is 65.1 Å². The van der Waals surface area contributed by atoms with Gasteiger partial charge in [-0.25, -0.2) is 0 Å². The van der Waals surface area contributed by atoms with E-state index in [9.17, 15) is 4.79 Å². The van der Waals surface area contributed by atoms with Gasteiger partial charge in [0.2, 0.25) is 0 Å². The molecule has 6 rings (SSSR count). The summed E-state index contributed by atoms with van der Waals surface area (Å²) in [4.78, 5) is 21.0. The number of H-pyrrole nitrogens is 1. The zero-order chi connectivity index (χ0) is 21.5. The van der Waals surface area contributed by atoms with E-state index in [4.69, 9.17) is 0 Å². The number of carbonyl (C=O) groups is 1. The third-order valence-electron chi connectivity index (χ3n) is 6.46. The highest BCUT2D eigenvalue weighted by molar-refractivity contribution is 7.08. The number of hydrogen-bond donors (Lipinski definition) is 1. The maximum atomic E-state index is 12.7. The van der Waals surface area contributed by atoms with Gasteiger partial charge in [-0.2, -0.15) is 16.4 Å². The zero-order valence-corrected chi connectivity index (χ0v) is 18.4. The van der Waals surface area contributed by atoms with Crippen molar-refractivity contribution < 1.29 is 4.79 Å². The van der Waals surface area contributed by atoms with Crippen LogP contribution in [0.4, 0.5) is 0 Å². The Morgan fingerprint density at radius 2 is 1.91 bits per heavy atom. The number of aromatic amines is 1. The number of benzene rings is 1. The molecule has 2 aliphatic rings. The van der Waals surface area contributed by atoms with Crippen molar-refractivity contribution in [1.82, 2.24) is 25.0 Å². The van der Waals surface area contributed by atoms with Crippen molar-refractivity contribution in [2.24, 2.45) is 0 Å². The van der Waals surface area contributed by atoms with Gasteiger partial charge in [0, 0.05) is 79.2 Å². The number of pyridine rings is 1. The lowest BCUT2D eigenvalue weighted by atomic mass is 10.0. The third-order valence-corrected chi connectivity index (χ3v) is 7.14. The van der Waals surface area contributed by atoms with E-state index in [2.05, 4.69) is 55.1 Å². The fourth-order valence-electron chi connectivity index (χ4n) is 4.77. The molecule has 0 spiro atoms. The Kier molecular flexibility index (Phi) is 4.85. The van der Waals surface area contributed by atoms with Gasteiger partial charge in [-0.1, -0.05) is 18.2 Å². The molecule has 7 heteroatoms. The Labute approximate surface area is 190 Å². The first-order chi connectivity index (χ1) is 15.8. The molecule has 1 N–H and O–H groups in total. The SMILES string of the molecule is O=C(c1ccncc1)N1CCN(Cc2ccc3c(c2)Cc2c(-c4ccsc4)n[nH]c2-3)CC1. The summed E-state index contributed by atoms with van der Waals surface area (Å²) in [6.45, 7) is 4.20. The standard InChI is InChI=1S/C25H23N5OS/c31-25(18-3-6-26-7-4-18)30-10-8-29(9-11-30)15-17-1-2-21-20(13-17)14-22-23(27-28-24(21)22)19-5-12-32-16-19/h1-7,12-13,16H,8-11,14-15H2,(H,27,28). The molecule has 4 aromatic rings. The van der Waals surface area contributed by atoms with Crippen LogP contribution in [0.25, 0.3) is 22.5 Å². The molecule has 0 radical (unpaired) electrons. The van der Waals surface area contributed by atoms with Crippen molar-refractivity contribution in [3.8, 4) is 22.5 Å². The number of nitrogens with one attached hydrogen (secondary N) is 1. The van der Waals surface area contributed by atoms with Gasteiger partial charge in [0.1, 0.15) is 0 Å². The van der Waals surface area contributed by atoms with Gasteiger partial charge in [-0.15, -0.1) is 0 Å². The second kappa shape index (κ2) is 8.00. The van der Waals surface area contributed by atoms with Crippen LogP contribution in [-0.2, 0) is 13.0 Å². The molecule has 1 aliphatic heterocycles. The van der Waals surface area contributed by atoms with Gasteiger partial charge in [0.15, 0.2) is 0 Å². The smallest absolute Gasteiger partial charge is 0.254 e. The first kappa shape index (κ1) is 19.4. The molecule has 0 unspecified atom stereocenters. The molecule has 0 saturated carbocycles. The van der Waals surface area contributed by atoms with Crippen LogP contribution in [-0.4, -0.2) is 57.1 Å². The van der Waals surface area contributed by atoms with Gasteiger partial charge in [0.05, 0.1) is 11.4 Å². The minimum absolute atomic E-state index is 0.0979. The summed E-state index contributed by atoms with van der Waals surface area (Å²) >= 11 is 1.70. The monoisotopic (exact) mass is 441 g/mol. The van der Waals surface area contributed by atoms with E-state index < -0.39 is 0 Å². The van der Waals surface area contributed by atoms with Crippen molar-refractivity contribution >= 4 is 17.2 Å². The molecule has 3 aromatic heterocycles. The summed E-state index contributed by atoms with van der Waals surface area (Å²) < 4.78 is 0. The highest BCUT2D eigenvalue weighted by Crippen LogP contribution is 2.40. The van der Waals surface area contributed by atoms with Crippen LogP contribution in [0.1, 0.15) is 27.0 Å². The number of amides is 1. The van der Waals surface area contributed by atoms with Crippen LogP contribution in [0.15, 0.2) is 59.6 Å². The predicted octanol–water partition coefficient (Wildman–Crippen LogP) is 4.06. The van der Waals surface area contributed by atoms with Crippen molar-refractivity contribution in [3.63, 3.8) is 0 Å². The van der Waals surface area contributed by atoms with E-state index in [1.165, 1.54) is 27.8 Å². The van der Waals surface area contributed by atoms with Gasteiger partial charge in [-0.3, -0.25) is 19.8 Å². The largest absolute Gasteiger partial charge is 0.336 e. The fraction of sp³-hybridized carbons (Fsp3) is 0.240. The van der Waals surface area contributed by atoms with E-state index in [0.717, 1.165) is 50.5 Å². The number of rotatable bonds is 4. The number of fused-ring (bicyclic) bond motifs is 3. The lowest BCUT2D eigenvalue weighted by molar-refractivity contribution is 0.0628. The maximum Gasteiger partial charge on any atom is 0.254 e. The lowest BCUT2D eigenvalue weighted by Crippen LogP contribution is -2.48. The summed E-state index contributed by atoms with van der Waals surface area (Å²) in [5, 5.41) is 12.1. The molecular weight excluding hydrogens is 418 g/mol. The minimum Gasteiger partial charge on any atom is -0.336 e. The molecule has 0 bridgehead atoms. The number of nitrogens with zero attached hydrogens (tertiary/aromatic N) is 4. The second-order valence-corrected chi connectivity index (χ2v) is 9.19. The van der Waals surface area contributed by atoms with Gasteiger partial charge in [-0.05, 0) is 34.7 Å². The number of hydrogen-bond acceptors (Lipinski definition) is 5. The van der Waals surface area contributed by atoms with Gasteiger partial charge < -0.3 is 4.90 Å². The zero-order valence-electron chi connectivity index (χ0n) is 17.6. The van der Waals surface area contributed by atoms with Crippen LogP contribution < -0.4 is 0 Å². The average molecular weight is 442 g/mol. The molecule has 32 heavy (non-hydrogen) atoms. The van der Waals surface area contributed by atoms with Crippen molar-refractivity contribution in [1.29, 1.82) is 0 Å². The summed E-state index contributed by atoms with van der Waals surface area (Å²) in [5.74, 6) is 0.0979. The first-order valence-electron chi connectivity index (χ1n) is 10.9. The molecule has 1 aromatic carbocycles. The summed E-state index contributed by atoms with van der Waals surface area (Å²) in [7, 11) is 0. The minimum atomic E-state index is 0.0979. The molecule has 1 fully saturated rings. The van der Waals surface area contributed by atoms with E-state index in [-0.39, 0.29) is 5.91 Å². The number of thiophene rings is 1. The van der Waals surface area contributed by atoms with Crippen LogP contribution in [0.5, 0.6) is 0 Å². The second-order valence-electron chi connectivity index (χ2n) is 8.41. The molecular formula is C25H23N5OS. The van der Waals surface area contributed by atoms with Crippen LogP contribution in [0.2, 0.25) is 0 Å². The molecule has 1 aliphatic carbocycles. The van der Waals surface area contributed by atoms with Gasteiger partial charge in [0.25, 0.3) is 5.91 Å². The fourth-order valence-corrected chi connectivity index (χ4v) is 5.41. The van der Waals surface area contributed by atoms with E-state index in [0.29, 0.717) is 5.56 Å². The van der Waals surface area contributed by atoms with Crippen LogP contribution in [0, 0.1) is 0 Å².